The molecule has 1 aromatic carbocycles. The van der Waals surface area contributed by atoms with E-state index in [1.54, 1.807) is 44.3 Å². The van der Waals surface area contributed by atoms with Crippen LogP contribution < -0.4 is 5.56 Å². The third kappa shape index (κ3) is 3.85. The average Bonchev–Trinajstić information content (AvgIpc) is 3.07. The highest BCUT2D eigenvalue weighted by molar-refractivity contribution is 5.92. The Hall–Kier alpha value is -3.68. The number of esters is 1. The first kappa shape index (κ1) is 19.1. The monoisotopic (exact) mass is 381 g/mol. The highest BCUT2D eigenvalue weighted by atomic mass is 16.5. The molecule has 0 N–H and O–H groups in total. The van der Waals surface area contributed by atoms with Crippen LogP contribution in [0.2, 0.25) is 0 Å². The van der Waals surface area contributed by atoms with E-state index in [-0.39, 0.29) is 17.8 Å². The lowest BCUT2D eigenvalue weighted by atomic mass is 10.2. The zero-order valence-corrected chi connectivity index (χ0v) is 15.7. The molecule has 0 aliphatic heterocycles. The van der Waals surface area contributed by atoms with Gasteiger partial charge in [-0.3, -0.25) is 9.59 Å². The van der Waals surface area contributed by atoms with Gasteiger partial charge < -0.3 is 14.1 Å². The summed E-state index contributed by atoms with van der Waals surface area (Å²) in [4.78, 5) is 37.9. The molecule has 3 aromatic rings. The Morgan fingerprint density at radius 3 is 2.57 bits per heavy atom. The van der Waals surface area contributed by atoms with Crippen LogP contribution in [0, 0.1) is 6.92 Å². The number of hydrogen-bond donors (Lipinski definition) is 0. The molecule has 0 spiro atoms. The Morgan fingerprint density at radius 1 is 1.18 bits per heavy atom. The molecule has 144 valence electrons. The van der Waals surface area contributed by atoms with E-state index >= 15 is 0 Å². The van der Waals surface area contributed by atoms with Crippen molar-refractivity contribution in [2.24, 2.45) is 0 Å². The van der Waals surface area contributed by atoms with E-state index in [1.807, 2.05) is 6.07 Å². The van der Waals surface area contributed by atoms with Crippen molar-refractivity contribution in [3.63, 3.8) is 0 Å². The second-order valence-corrected chi connectivity index (χ2v) is 6.14. The molecule has 0 saturated heterocycles. The fourth-order valence-corrected chi connectivity index (χ4v) is 2.71. The fourth-order valence-electron chi connectivity index (χ4n) is 2.71. The van der Waals surface area contributed by atoms with E-state index in [1.165, 1.54) is 28.8 Å². The number of carbonyl (C=O) groups is 2. The van der Waals surface area contributed by atoms with Gasteiger partial charge in [-0.2, -0.15) is 9.78 Å². The summed E-state index contributed by atoms with van der Waals surface area (Å²) in [5, 5.41) is 4.18. The molecule has 8 heteroatoms. The first-order valence-electron chi connectivity index (χ1n) is 8.49. The number of furan rings is 1. The summed E-state index contributed by atoms with van der Waals surface area (Å²) in [7, 11) is 2.87. The van der Waals surface area contributed by atoms with Gasteiger partial charge in [-0.05, 0) is 31.2 Å². The van der Waals surface area contributed by atoms with Crippen LogP contribution in [0.4, 0.5) is 0 Å². The maximum absolute atomic E-state index is 12.7. The molecule has 0 bridgehead atoms. The summed E-state index contributed by atoms with van der Waals surface area (Å²) < 4.78 is 11.4. The van der Waals surface area contributed by atoms with E-state index in [0.717, 1.165) is 0 Å². The number of carbonyl (C=O) groups excluding carboxylic acids is 2. The third-order valence-corrected chi connectivity index (χ3v) is 4.13. The molecule has 1 amide bonds. The van der Waals surface area contributed by atoms with Crippen LogP contribution in [-0.2, 0) is 11.3 Å². The number of rotatable bonds is 5. The number of aryl methyl sites for hydroxylation is 1. The standard InChI is InChI=1S/C20H19N3O5/c1-13-16(20(26)27-3)11-15(28-13)12-22(2)19(25)17-9-10-18(24)23(21-17)14-7-5-4-6-8-14/h4-11H,12H2,1-3H3. The van der Waals surface area contributed by atoms with Gasteiger partial charge in [-0.25, -0.2) is 4.79 Å². The van der Waals surface area contributed by atoms with Gasteiger partial charge in [0.25, 0.3) is 11.5 Å². The van der Waals surface area contributed by atoms with E-state index in [4.69, 9.17) is 9.15 Å². The summed E-state index contributed by atoms with van der Waals surface area (Å²) >= 11 is 0. The van der Waals surface area contributed by atoms with Crippen molar-refractivity contribution in [2.45, 2.75) is 13.5 Å². The van der Waals surface area contributed by atoms with Crippen LogP contribution >= 0.6 is 0 Å². The Morgan fingerprint density at radius 2 is 1.89 bits per heavy atom. The van der Waals surface area contributed by atoms with Crippen molar-refractivity contribution < 1.29 is 18.7 Å². The Bertz CT molecular complexity index is 1070. The molecular formula is C20H19N3O5. The van der Waals surface area contributed by atoms with Crippen LogP contribution in [0.15, 0.2) is 57.7 Å². The minimum atomic E-state index is -0.502. The summed E-state index contributed by atoms with van der Waals surface area (Å²) in [6.07, 6.45) is 0. The molecule has 0 aliphatic carbocycles. The van der Waals surface area contributed by atoms with E-state index in [0.29, 0.717) is 22.8 Å². The zero-order valence-electron chi connectivity index (χ0n) is 15.7. The van der Waals surface area contributed by atoms with Crippen LogP contribution in [0.5, 0.6) is 0 Å². The van der Waals surface area contributed by atoms with Crippen LogP contribution in [0.1, 0.15) is 32.4 Å². The number of ether oxygens (including phenoxy) is 1. The van der Waals surface area contributed by atoms with Crippen LogP contribution in [-0.4, -0.2) is 40.7 Å². The molecule has 0 fully saturated rings. The SMILES string of the molecule is COC(=O)c1cc(CN(C)C(=O)c2ccc(=O)n(-c3ccccc3)n2)oc1C. The van der Waals surface area contributed by atoms with Crippen molar-refractivity contribution in [1.82, 2.24) is 14.7 Å². The van der Waals surface area contributed by atoms with Gasteiger partial charge in [0.1, 0.15) is 22.8 Å². The first-order chi connectivity index (χ1) is 13.4. The minimum absolute atomic E-state index is 0.113. The average molecular weight is 381 g/mol. The van der Waals surface area contributed by atoms with Gasteiger partial charge in [0, 0.05) is 13.1 Å². The van der Waals surface area contributed by atoms with Gasteiger partial charge in [0.15, 0.2) is 0 Å². The van der Waals surface area contributed by atoms with Gasteiger partial charge >= 0.3 is 5.97 Å². The Labute approximate surface area is 161 Å². The molecule has 0 radical (unpaired) electrons. The van der Waals surface area contributed by atoms with Crippen LogP contribution in [0.25, 0.3) is 5.69 Å². The third-order valence-electron chi connectivity index (χ3n) is 4.13. The maximum atomic E-state index is 12.7. The number of methoxy groups -OCH3 is 1. The molecular weight excluding hydrogens is 362 g/mol. The molecule has 2 aromatic heterocycles. The van der Waals surface area contributed by atoms with E-state index in [9.17, 15) is 14.4 Å². The van der Waals surface area contributed by atoms with E-state index < -0.39 is 11.9 Å². The zero-order chi connectivity index (χ0) is 20.3. The molecule has 3 rings (SSSR count). The Kier molecular flexibility index (Phi) is 5.39. The van der Waals surface area contributed by atoms with Gasteiger partial charge in [-0.1, -0.05) is 18.2 Å². The quantitative estimate of drug-likeness (QED) is 0.629. The van der Waals surface area contributed by atoms with Crippen molar-refractivity contribution in [2.75, 3.05) is 14.2 Å². The van der Waals surface area contributed by atoms with Crippen molar-refractivity contribution in [3.05, 3.63) is 81.7 Å². The molecule has 0 atom stereocenters. The molecule has 0 saturated carbocycles. The number of para-hydroxylation sites is 1. The number of hydrogen-bond acceptors (Lipinski definition) is 6. The summed E-state index contributed by atoms with van der Waals surface area (Å²) in [6, 6.07) is 13.1. The van der Waals surface area contributed by atoms with Crippen molar-refractivity contribution in [1.29, 1.82) is 0 Å². The predicted octanol–water partition coefficient (Wildman–Crippen LogP) is 2.19. The van der Waals surface area contributed by atoms with Gasteiger partial charge in [0.2, 0.25) is 0 Å². The number of aromatic nitrogens is 2. The lowest BCUT2D eigenvalue weighted by molar-refractivity contribution is 0.0598. The molecule has 8 nitrogen and oxygen atoms in total. The summed E-state index contributed by atoms with van der Waals surface area (Å²) in [5.74, 6) is -0.0416. The smallest absolute Gasteiger partial charge is 0.341 e. The number of amides is 1. The van der Waals surface area contributed by atoms with Crippen molar-refractivity contribution >= 4 is 11.9 Å². The van der Waals surface area contributed by atoms with Gasteiger partial charge in [-0.15, -0.1) is 0 Å². The molecule has 2 heterocycles. The second-order valence-electron chi connectivity index (χ2n) is 6.14. The maximum Gasteiger partial charge on any atom is 0.341 e. The normalized spacial score (nSPS) is 10.5. The lowest BCUT2D eigenvalue weighted by Crippen LogP contribution is -2.30. The second kappa shape index (κ2) is 7.91. The topological polar surface area (TPSA) is 94.6 Å². The summed E-state index contributed by atoms with van der Waals surface area (Å²) in [6.45, 7) is 1.78. The highest BCUT2D eigenvalue weighted by Gasteiger charge is 2.20. The minimum Gasteiger partial charge on any atom is -0.465 e. The molecule has 0 unspecified atom stereocenters. The van der Waals surface area contributed by atoms with E-state index in [2.05, 4.69) is 5.10 Å². The highest BCUT2D eigenvalue weighted by Crippen LogP contribution is 2.17. The lowest BCUT2D eigenvalue weighted by Gasteiger charge is -2.15. The number of benzene rings is 1. The van der Waals surface area contributed by atoms with Gasteiger partial charge in [0.05, 0.1) is 19.3 Å². The molecule has 28 heavy (non-hydrogen) atoms. The molecule has 0 aliphatic rings. The van der Waals surface area contributed by atoms with Crippen LogP contribution in [0.3, 0.4) is 0 Å². The predicted molar refractivity (Wildman–Crippen MR) is 100 cm³/mol. The fraction of sp³-hybridized carbons (Fsp3) is 0.200. The number of nitrogens with zero attached hydrogens (tertiary/aromatic N) is 3. The largest absolute Gasteiger partial charge is 0.465 e. The summed E-state index contributed by atoms with van der Waals surface area (Å²) in [5.41, 5.74) is 0.653. The Balaban J connectivity index is 1.82. The van der Waals surface area contributed by atoms with Crippen molar-refractivity contribution in [3.8, 4) is 5.69 Å². The first-order valence-corrected chi connectivity index (χ1v) is 8.49.